The molecular weight excluding hydrogens is 387 g/mol. The Labute approximate surface area is 167 Å². The number of carbonyl (C=O) groups excluding carboxylic acids is 1. The zero-order chi connectivity index (χ0) is 19.7. The van der Waals surface area contributed by atoms with Crippen molar-refractivity contribution < 1.29 is 9.32 Å². The molecule has 1 amide bonds. The van der Waals surface area contributed by atoms with E-state index in [1.165, 1.54) is 0 Å². The highest BCUT2D eigenvalue weighted by atomic mass is 35.5. The minimum atomic E-state index is -0.238. The summed E-state index contributed by atoms with van der Waals surface area (Å²) in [6.07, 6.45) is 0. The third-order valence-corrected chi connectivity index (χ3v) is 5.05. The summed E-state index contributed by atoms with van der Waals surface area (Å²) in [5.41, 5.74) is 3.87. The van der Waals surface area contributed by atoms with Crippen LogP contribution in [0.2, 0.25) is 10.0 Å². The summed E-state index contributed by atoms with van der Waals surface area (Å²) in [6.45, 7) is 7.23. The molecule has 142 valence electrons. The van der Waals surface area contributed by atoms with Crippen LogP contribution < -0.4 is 0 Å². The van der Waals surface area contributed by atoms with Gasteiger partial charge in [-0.2, -0.15) is 5.10 Å². The highest BCUT2D eigenvalue weighted by Gasteiger charge is 2.21. The van der Waals surface area contributed by atoms with Gasteiger partial charge < -0.3 is 9.42 Å². The lowest BCUT2D eigenvalue weighted by atomic mass is 10.1. The van der Waals surface area contributed by atoms with Crippen LogP contribution in [0.3, 0.4) is 0 Å². The molecule has 2 heterocycles. The molecule has 0 bridgehead atoms. The van der Waals surface area contributed by atoms with Crippen LogP contribution in [-0.2, 0) is 13.1 Å². The van der Waals surface area contributed by atoms with E-state index in [1.807, 2.05) is 25.5 Å². The fourth-order valence-corrected chi connectivity index (χ4v) is 3.47. The van der Waals surface area contributed by atoms with Crippen molar-refractivity contribution in [3.05, 3.63) is 57.0 Å². The normalized spacial score (nSPS) is 11.0. The number of benzene rings is 1. The predicted octanol–water partition coefficient (Wildman–Crippen LogP) is 4.75. The van der Waals surface area contributed by atoms with Crippen molar-refractivity contribution in [1.82, 2.24) is 19.8 Å². The van der Waals surface area contributed by atoms with Crippen LogP contribution in [0.15, 0.2) is 28.8 Å². The SMILES string of the molecule is CCn1nc(C)c(CN(C)C(=O)c2cc(-c3ccc(Cl)cc3Cl)on2)c1C. The van der Waals surface area contributed by atoms with Crippen molar-refractivity contribution in [2.75, 3.05) is 7.05 Å². The second kappa shape index (κ2) is 7.74. The molecule has 0 spiro atoms. The Kier molecular flexibility index (Phi) is 5.58. The number of aryl methyl sites for hydroxylation is 2. The maximum atomic E-state index is 12.8. The molecule has 27 heavy (non-hydrogen) atoms. The highest BCUT2D eigenvalue weighted by molar-refractivity contribution is 6.36. The van der Waals surface area contributed by atoms with E-state index in [0.29, 0.717) is 27.9 Å². The van der Waals surface area contributed by atoms with Crippen LogP contribution in [0.1, 0.15) is 34.4 Å². The van der Waals surface area contributed by atoms with Gasteiger partial charge in [0.05, 0.1) is 10.7 Å². The zero-order valence-electron chi connectivity index (χ0n) is 15.6. The number of amides is 1. The Morgan fingerprint density at radius 2 is 2.00 bits per heavy atom. The van der Waals surface area contributed by atoms with Crippen LogP contribution in [0.25, 0.3) is 11.3 Å². The first-order valence-corrected chi connectivity index (χ1v) is 9.27. The second-order valence-electron chi connectivity index (χ2n) is 6.33. The van der Waals surface area contributed by atoms with Crippen molar-refractivity contribution in [2.45, 2.75) is 33.9 Å². The quantitative estimate of drug-likeness (QED) is 0.612. The molecule has 0 saturated carbocycles. The van der Waals surface area contributed by atoms with Crippen LogP contribution >= 0.6 is 23.2 Å². The summed E-state index contributed by atoms with van der Waals surface area (Å²) in [6, 6.07) is 6.64. The molecule has 3 rings (SSSR count). The Balaban J connectivity index is 1.80. The van der Waals surface area contributed by atoms with Gasteiger partial charge in [0.1, 0.15) is 0 Å². The Bertz CT molecular complexity index is 994. The average Bonchev–Trinajstić information content (AvgIpc) is 3.21. The van der Waals surface area contributed by atoms with Crippen molar-refractivity contribution in [2.24, 2.45) is 0 Å². The van der Waals surface area contributed by atoms with Crippen molar-refractivity contribution in [3.63, 3.8) is 0 Å². The molecular formula is C19H20Cl2N4O2. The number of carbonyl (C=O) groups is 1. The van der Waals surface area contributed by atoms with Gasteiger partial charge in [-0.25, -0.2) is 0 Å². The van der Waals surface area contributed by atoms with Crippen molar-refractivity contribution in [3.8, 4) is 11.3 Å². The highest BCUT2D eigenvalue weighted by Crippen LogP contribution is 2.31. The molecule has 0 unspecified atom stereocenters. The van der Waals surface area contributed by atoms with Crippen molar-refractivity contribution in [1.29, 1.82) is 0 Å². The third kappa shape index (κ3) is 3.87. The van der Waals surface area contributed by atoms with Crippen LogP contribution in [0.4, 0.5) is 0 Å². The molecule has 8 heteroatoms. The minimum absolute atomic E-state index is 0.219. The van der Waals surface area contributed by atoms with Gasteiger partial charge >= 0.3 is 0 Å². The van der Waals surface area contributed by atoms with Gasteiger partial charge in [-0.05, 0) is 39.0 Å². The summed E-state index contributed by atoms with van der Waals surface area (Å²) < 4.78 is 7.25. The molecule has 0 aliphatic rings. The van der Waals surface area contributed by atoms with Crippen LogP contribution in [0, 0.1) is 13.8 Å². The summed E-state index contributed by atoms with van der Waals surface area (Å²) in [5, 5.41) is 9.36. The van der Waals surface area contributed by atoms with Gasteiger partial charge in [0, 0.05) is 48.0 Å². The molecule has 3 aromatic rings. The Morgan fingerprint density at radius 1 is 1.26 bits per heavy atom. The van der Waals surface area contributed by atoms with Crippen LogP contribution in [0.5, 0.6) is 0 Å². The molecule has 1 aromatic carbocycles. The molecule has 0 atom stereocenters. The topological polar surface area (TPSA) is 64.2 Å². The Hall–Kier alpha value is -2.31. The zero-order valence-corrected chi connectivity index (χ0v) is 17.1. The van der Waals surface area contributed by atoms with Crippen molar-refractivity contribution >= 4 is 29.1 Å². The summed E-state index contributed by atoms with van der Waals surface area (Å²) in [7, 11) is 1.73. The van der Waals surface area contributed by atoms with E-state index in [2.05, 4.69) is 10.3 Å². The largest absolute Gasteiger partial charge is 0.355 e. The van der Waals surface area contributed by atoms with E-state index in [9.17, 15) is 4.79 Å². The number of rotatable bonds is 5. The lowest BCUT2D eigenvalue weighted by Crippen LogP contribution is -2.27. The minimum Gasteiger partial charge on any atom is -0.355 e. The molecule has 6 nitrogen and oxygen atoms in total. The maximum absolute atomic E-state index is 12.8. The van der Waals surface area contributed by atoms with E-state index in [4.69, 9.17) is 27.7 Å². The van der Waals surface area contributed by atoms with Gasteiger partial charge in [-0.1, -0.05) is 28.4 Å². The number of nitrogens with zero attached hydrogens (tertiary/aromatic N) is 4. The first kappa shape index (κ1) is 19.5. The second-order valence-corrected chi connectivity index (χ2v) is 7.17. The number of hydrogen-bond donors (Lipinski definition) is 0. The monoisotopic (exact) mass is 406 g/mol. The van der Waals surface area contributed by atoms with E-state index >= 15 is 0 Å². The van der Waals surface area contributed by atoms with Gasteiger partial charge in [0.2, 0.25) is 0 Å². The fraction of sp³-hybridized carbons (Fsp3) is 0.316. The number of halogens is 2. The average molecular weight is 407 g/mol. The third-order valence-electron chi connectivity index (χ3n) is 4.50. The van der Waals surface area contributed by atoms with Crippen LogP contribution in [-0.4, -0.2) is 32.8 Å². The van der Waals surface area contributed by atoms with Gasteiger partial charge in [0.15, 0.2) is 11.5 Å². The predicted molar refractivity (Wildman–Crippen MR) is 105 cm³/mol. The van der Waals surface area contributed by atoms with E-state index in [-0.39, 0.29) is 11.6 Å². The lowest BCUT2D eigenvalue weighted by molar-refractivity contribution is 0.0774. The summed E-state index contributed by atoms with van der Waals surface area (Å²) in [5.74, 6) is 0.178. The molecule has 0 saturated heterocycles. The molecule has 0 radical (unpaired) electrons. The fourth-order valence-electron chi connectivity index (χ4n) is 2.97. The number of hydrogen-bond acceptors (Lipinski definition) is 4. The van der Waals surface area contributed by atoms with Gasteiger partial charge in [0.25, 0.3) is 5.91 Å². The molecule has 2 aromatic heterocycles. The molecule has 0 aliphatic carbocycles. The van der Waals surface area contributed by atoms with Gasteiger partial charge in [-0.15, -0.1) is 0 Å². The van der Waals surface area contributed by atoms with E-state index < -0.39 is 0 Å². The van der Waals surface area contributed by atoms with Gasteiger partial charge in [-0.3, -0.25) is 9.48 Å². The summed E-state index contributed by atoms with van der Waals surface area (Å²) in [4.78, 5) is 14.4. The summed E-state index contributed by atoms with van der Waals surface area (Å²) >= 11 is 12.1. The maximum Gasteiger partial charge on any atom is 0.276 e. The molecule has 0 aliphatic heterocycles. The van der Waals surface area contributed by atoms with E-state index in [0.717, 1.165) is 23.5 Å². The smallest absolute Gasteiger partial charge is 0.276 e. The lowest BCUT2D eigenvalue weighted by Gasteiger charge is -2.16. The Morgan fingerprint density at radius 3 is 2.63 bits per heavy atom. The molecule has 0 N–H and O–H groups in total. The number of aromatic nitrogens is 3. The standard InChI is InChI=1S/C19H20Cl2N4O2/c1-5-25-12(3)15(11(2)22-25)10-24(4)19(26)17-9-18(27-23-17)14-7-6-13(20)8-16(14)21/h6-9H,5,10H2,1-4H3. The first-order valence-electron chi connectivity index (χ1n) is 8.52. The van der Waals surface area contributed by atoms with E-state index in [1.54, 1.807) is 36.2 Å². The first-order chi connectivity index (χ1) is 12.8. The molecule has 0 fully saturated rings.